The molecule has 6 heteroatoms. The van der Waals surface area contributed by atoms with E-state index in [0.29, 0.717) is 17.6 Å². The second-order valence-corrected chi connectivity index (χ2v) is 6.25. The standard InChI is InChI=1S/C12H13Cl2FN2S/c1-6(2)10-5-18-12(16-10)17-11-8(13)3-7(15)4-9(11)14/h3-4,6,10H,5H2,1-2H3,(H,16,17). The highest BCUT2D eigenvalue weighted by Crippen LogP contribution is 2.33. The molecule has 0 saturated heterocycles. The number of anilines is 1. The van der Waals surface area contributed by atoms with Crippen LogP contribution in [-0.2, 0) is 0 Å². The van der Waals surface area contributed by atoms with E-state index >= 15 is 0 Å². The Balaban J connectivity index is 2.18. The third-order valence-electron chi connectivity index (χ3n) is 2.68. The van der Waals surface area contributed by atoms with Crippen molar-refractivity contribution < 1.29 is 4.39 Å². The van der Waals surface area contributed by atoms with Crippen LogP contribution in [-0.4, -0.2) is 17.0 Å². The van der Waals surface area contributed by atoms with Gasteiger partial charge >= 0.3 is 0 Å². The van der Waals surface area contributed by atoms with Crippen molar-refractivity contribution in [1.82, 2.24) is 0 Å². The quantitative estimate of drug-likeness (QED) is 0.858. The Morgan fingerprint density at radius 1 is 1.39 bits per heavy atom. The van der Waals surface area contributed by atoms with E-state index in [4.69, 9.17) is 23.2 Å². The summed E-state index contributed by atoms with van der Waals surface area (Å²) < 4.78 is 13.1. The third-order valence-corrected chi connectivity index (χ3v) is 4.27. The topological polar surface area (TPSA) is 24.4 Å². The molecule has 2 rings (SSSR count). The molecule has 0 fully saturated rings. The first-order chi connectivity index (χ1) is 8.47. The number of aliphatic imine (C=N–C) groups is 1. The molecule has 1 aromatic carbocycles. The Bertz CT molecular complexity index is 468. The molecule has 2 nitrogen and oxygen atoms in total. The van der Waals surface area contributed by atoms with Crippen LogP contribution in [0.25, 0.3) is 0 Å². The lowest BCUT2D eigenvalue weighted by Crippen LogP contribution is -2.12. The highest BCUT2D eigenvalue weighted by atomic mass is 35.5. The number of thioether (sulfide) groups is 1. The summed E-state index contributed by atoms with van der Waals surface area (Å²) in [7, 11) is 0. The largest absolute Gasteiger partial charge is 0.333 e. The maximum absolute atomic E-state index is 13.1. The molecule has 1 atom stereocenters. The van der Waals surface area contributed by atoms with Crippen LogP contribution in [0.1, 0.15) is 13.8 Å². The average Bonchev–Trinajstić information content (AvgIpc) is 2.71. The lowest BCUT2D eigenvalue weighted by Gasteiger charge is -2.10. The van der Waals surface area contributed by atoms with Crippen molar-refractivity contribution in [2.45, 2.75) is 19.9 Å². The molecule has 0 amide bonds. The van der Waals surface area contributed by atoms with E-state index < -0.39 is 5.82 Å². The van der Waals surface area contributed by atoms with Gasteiger partial charge in [-0.05, 0) is 18.1 Å². The minimum atomic E-state index is -0.448. The lowest BCUT2D eigenvalue weighted by atomic mass is 10.1. The molecule has 0 bridgehead atoms. The lowest BCUT2D eigenvalue weighted by molar-refractivity contribution is 0.543. The van der Waals surface area contributed by atoms with Crippen LogP contribution < -0.4 is 5.32 Å². The van der Waals surface area contributed by atoms with Crippen LogP contribution >= 0.6 is 35.0 Å². The van der Waals surface area contributed by atoms with E-state index in [2.05, 4.69) is 24.2 Å². The van der Waals surface area contributed by atoms with E-state index in [9.17, 15) is 4.39 Å². The number of amidine groups is 1. The molecule has 0 radical (unpaired) electrons. The molecule has 1 unspecified atom stereocenters. The van der Waals surface area contributed by atoms with E-state index in [-0.39, 0.29) is 10.0 Å². The van der Waals surface area contributed by atoms with Crippen LogP contribution in [0.5, 0.6) is 0 Å². The maximum atomic E-state index is 13.1. The van der Waals surface area contributed by atoms with Crippen LogP contribution in [0, 0.1) is 11.7 Å². The fourth-order valence-electron chi connectivity index (χ4n) is 1.57. The summed E-state index contributed by atoms with van der Waals surface area (Å²) in [6, 6.07) is 2.77. The summed E-state index contributed by atoms with van der Waals surface area (Å²) in [6.45, 7) is 4.27. The Labute approximate surface area is 120 Å². The summed E-state index contributed by atoms with van der Waals surface area (Å²) in [4.78, 5) is 4.54. The van der Waals surface area contributed by atoms with Gasteiger partial charge in [-0.3, -0.25) is 4.99 Å². The summed E-state index contributed by atoms with van der Waals surface area (Å²) in [6.07, 6.45) is 0. The molecule has 0 aromatic heterocycles. The molecule has 1 aliphatic heterocycles. The second kappa shape index (κ2) is 5.68. The monoisotopic (exact) mass is 306 g/mol. The van der Waals surface area contributed by atoms with Gasteiger partial charge in [0.15, 0.2) is 5.17 Å². The predicted molar refractivity (Wildman–Crippen MR) is 78.6 cm³/mol. The van der Waals surface area contributed by atoms with Crippen molar-refractivity contribution in [3.8, 4) is 0 Å². The number of nitrogens with zero attached hydrogens (tertiary/aromatic N) is 1. The highest BCUT2D eigenvalue weighted by molar-refractivity contribution is 8.14. The molecule has 18 heavy (non-hydrogen) atoms. The first kappa shape index (κ1) is 14.0. The fraction of sp³-hybridized carbons (Fsp3) is 0.417. The molecule has 1 N–H and O–H groups in total. The number of halogens is 3. The van der Waals surface area contributed by atoms with Crippen molar-refractivity contribution >= 4 is 45.8 Å². The molecule has 1 aromatic rings. The Morgan fingerprint density at radius 3 is 2.50 bits per heavy atom. The van der Waals surface area contributed by atoms with Crippen LogP contribution in [0.2, 0.25) is 10.0 Å². The molecule has 1 aliphatic rings. The summed E-state index contributed by atoms with van der Waals surface area (Å²) >= 11 is 13.5. The second-order valence-electron chi connectivity index (χ2n) is 4.43. The predicted octanol–water partition coefficient (Wildman–Crippen LogP) is 4.67. The minimum absolute atomic E-state index is 0.260. The Hall–Kier alpha value is -0.450. The van der Waals surface area contributed by atoms with Crippen molar-refractivity contribution in [3.63, 3.8) is 0 Å². The van der Waals surface area contributed by atoms with Crippen LogP contribution in [0.15, 0.2) is 17.1 Å². The van der Waals surface area contributed by atoms with Gasteiger partial charge in [0.25, 0.3) is 0 Å². The van der Waals surface area contributed by atoms with Crippen molar-refractivity contribution in [2.75, 3.05) is 11.1 Å². The number of hydrogen-bond donors (Lipinski definition) is 1. The SMILES string of the molecule is CC(C)C1CSC(Nc2c(Cl)cc(F)cc2Cl)=N1. The van der Waals surface area contributed by atoms with Gasteiger partial charge in [0.2, 0.25) is 0 Å². The summed E-state index contributed by atoms with van der Waals surface area (Å²) in [5.41, 5.74) is 0.510. The number of nitrogens with one attached hydrogen (secondary N) is 1. The van der Waals surface area contributed by atoms with E-state index in [0.717, 1.165) is 10.9 Å². The zero-order chi connectivity index (χ0) is 13.3. The fourth-order valence-corrected chi connectivity index (χ4v) is 3.30. The normalized spacial score (nSPS) is 19.2. The van der Waals surface area contributed by atoms with Gasteiger partial charge in [0.05, 0.1) is 21.8 Å². The van der Waals surface area contributed by atoms with E-state index in [1.54, 1.807) is 11.8 Å². The minimum Gasteiger partial charge on any atom is -0.333 e. The smallest absolute Gasteiger partial charge is 0.161 e. The maximum Gasteiger partial charge on any atom is 0.161 e. The molecule has 0 saturated carbocycles. The van der Waals surface area contributed by atoms with Crippen molar-refractivity contribution in [1.29, 1.82) is 0 Å². The van der Waals surface area contributed by atoms with Gasteiger partial charge in [-0.15, -0.1) is 0 Å². The summed E-state index contributed by atoms with van der Waals surface area (Å²) in [5.74, 6) is 0.990. The average molecular weight is 307 g/mol. The van der Waals surface area contributed by atoms with E-state index in [1.807, 2.05) is 0 Å². The van der Waals surface area contributed by atoms with Gasteiger partial charge in [0.1, 0.15) is 5.82 Å². The molecular weight excluding hydrogens is 294 g/mol. The Morgan fingerprint density at radius 2 is 2.00 bits per heavy atom. The Kier molecular flexibility index (Phi) is 4.41. The highest BCUT2D eigenvalue weighted by Gasteiger charge is 2.22. The van der Waals surface area contributed by atoms with E-state index in [1.165, 1.54) is 12.1 Å². The number of benzene rings is 1. The zero-order valence-corrected chi connectivity index (χ0v) is 12.3. The zero-order valence-electron chi connectivity index (χ0n) is 10.0. The number of hydrogen-bond acceptors (Lipinski definition) is 3. The first-order valence-electron chi connectivity index (χ1n) is 5.59. The van der Waals surface area contributed by atoms with Crippen LogP contribution in [0.4, 0.5) is 10.1 Å². The summed E-state index contributed by atoms with van der Waals surface area (Å²) in [5, 5.41) is 4.37. The van der Waals surface area contributed by atoms with Crippen LogP contribution in [0.3, 0.4) is 0 Å². The van der Waals surface area contributed by atoms with Gasteiger partial charge < -0.3 is 5.32 Å². The van der Waals surface area contributed by atoms with Crippen molar-refractivity contribution in [3.05, 3.63) is 28.0 Å². The molecule has 98 valence electrons. The molecule has 0 spiro atoms. The molecule has 1 heterocycles. The van der Waals surface area contributed by atoms with Gasteiger partial charge in [-0.2, -0.15) is 0 Å². The van der Waals surface area contributed by atoms with Gasteiger partial charge in [0, 0.05) is 5.75 Å². The molecule has 0 aliphatic carbocycles. The third kappa shape index (κ3) is 3.11. The number of rotatable bonds is 2. The first-order valence-corrected chi connectivity index (χ1v) is 7.33. The molecular formula is C12H13Cl2FN2S. The van der Waals surface area contributed by atoms with Crippen molar-refractivity contribution in [2.24, 2.45) is 10.9 Å². The van der Waals surface area contributed by atoms with Gasteiger partial charge in [-0.1, -0.05) is 48.8 Å². The van der Waals surface area contributed by atoms with Gasteiger partial charge in [-0.25, -0.2) is 4.39 Å².